The minimum Gasteiger partial charge on any atom is -0.488 e. The maximum absolute atomic E-state index is 12.1. The van der Waals surface area contributed by atoms with Crippen LogP contribution >= 0.6 is 15.9 Å². The van der Waals surface area contributed by atoms with Crippen LogP contribution in [0.4, 0.5) is 5.69 Å². The van der Waals surface area contributed by atoms with Gasteiger partial charge < -0.3 is 4.74 Å². The van der Waals surface area contributed by atoms with Crippen molar-refractivity contribution in [3.63, 3.8) is 0 Å². The molecule has 0 unspecified atom stereocenters. The van der Waals surface area contributed by atoms with Crippen LogP contribution in [0.1, 0.15) is 21.5 Å². The molecule has 0 saturated heterocycles. The van der Waals surface area contributed by atoms with Gasteiger partial charge in [-0.3, -0.25) is 14.9 Å². The van der Waals surface area contributed by atoms with Gasteiger partial charge >= 0.3 is 0 Å². The third-order valence-corrected chi connectivity index (χ3v) is 4.51. The third kappa shape index (κ3) is 5.73. The molecule has 0 atom stereocenters. The number of carbonyl (C=O) groups excluding carboxylic acids is 1. The summed E-state index contributed by atoms with van der Waals surface area (Å²) in [4.78, 5) is 22.3. The first-order chi connectivity index (χ1) is 14.0. The molecule has 7 nitrogen and oxygen atoms in total. The predicted molar refractivity (Wildman–Crippen MR) is 113 cm³/mol. The van der Waals surface area contributed by atoms with Gasteiger partial charge in [0.05, 0.1) is 15.6 Å². The highest BCUT2D eigenvalue weighted by Crippen LogP contribution is 2.26. The van der Waals surface area contributed by atoms with Crippen molar-refractivity contribution in [1.82, 2.24) is 5.43 Å². The molecule has 0 aliphatic carbocycles. The Labute approximate surface area is 175 Å². The summed E-state index contributed by atoms with van der Waals surface area (Å²) in [6.45, 7) is 0.451. The van der Waals surface area contributed by atoms with Gasteiger partial charge in [-0.2, -0.15) is 5.10 Å². The van der Waals surface area contributed by atoms with Crippen molar-refractivity contribution in [2.24, 2.45) is 5.10 Å². The van der Waals surface area contributed by atoms with Gasteiger partial charge in [0.15, 0.2) is 0 Å². The Morgan fingerprint density at radius 2 is 1.90 bits per heavy atom. The number of nitro benzene ring substituents is 1. The Hall–Kier alpha value is -3.52. The molecule has 0 aliphatic rings. The van der Waals surface area contributed by atoms with E-state index in [-0.39, 0.29) is 11.3 Å². The van der Waals surface area contributed by atoms with Crippen LogP contribution in [0.15, 0.2) is 82.4 Å². The molecule has 0 aromatic heterocycles. The molecular weight excluding hydrogens is 438 g/mol. The standard InChI is InChI=1S/C21H16BrN3O4/c22-19-11-16(9-10-20(19)29-14-15-5-2-1-3-6-15)13-23-24-21(26)17-7-4-8-18(12-17)25(27)28/h1-13H,14H2,(H,24,26)/b23-13-. The van der Waals surface area contributed by atoms with Crippen molar-refractivity contribution in [1.29, 1.82) is 0 Å². The SMILES string of the molecule is O=C(N/N=C\c1ccc(OCc2ccccc2)c(Br)c1)c1cccc([N+](=O)[O-])c1. The quantitative estimate of drug-likeness (QED) is 0.318. The zero-order chi connectivity index (χ0) is 20.6. The molecule has 29 heavy (non-hydrogen) atoms. The van der Waals surface area contributed by atoms with E-state index < -0.39 is 10.8 Å². The minimum absolute atomic E-state index is 0.155. The molecular formula is C21H16BrN3O4. The fourth-order valence-electron chi connectivity index (χ4n) is 2.44. The van der Waals surface area contributed by atoms with Crippen molar-refractivity contribution in [3.8, 4) is 5.75 Å². The number of ether oxygens (including phenoxy) is 1. The molecule has 3 aromatic carbocycles. The van der Waals surface area contributed by atoms with Gasteiger partial charge in [0, 0.05) is 17.7 Å². The zero-order valence-corrected chi connectivity index (χ0v) is 16.7. The lowest BCUT2D eigenvalue weighted by molar-refractivity contribution is -0.384. The summed E-state index contributed by atoms with van der Waals surface area (Å²) < 4.78 is 6.54. The number of benzene rings is 3. The van der Waals surface area contributed by atoms with Gasteiger partial charge in [0.2, 0.25) is 0 Å². The lowest BCUT2D eigenvalue weighted by Crippen LogP contribution is -2.17. The molecule has 3 rings (SSSR count). The zero-order valence-electron chi connectivity index (χ0n) is 15.1. The molecule has 1 amide bonds. The van der Waals surface area contributed by atoms with E-state index in [4.69, 9.17) is 4.74 Å². The predicted octanol–water partition coefficient (Wildman–Crippen LogP) is 4.70. The number of nitrogens with one attached hydrogen (secondary N) is 1. The first-order valence-electron chi connectivity index (χ1n) is 8.57. The smallest absolute Gasteiger partial charge is 0.271 e. The van der Waals surface area contributed by atoms with Crippen molar-refractivity contribution < 1.29 is 14.5 Å². The summed E-state index contributed by atoms with van der Waals surface area (Å²) in [5, 5.41) is 14.7. The number of non-ortho nitro benzene ring substituents is 1. The molecule has 1 N–H and O–H groups in total. The van der Waals surface area contributed by atoms with Crippen LogP contribution in [-0.2, 0) is 6.61 Å². The lowest BCUT2D eigenvalue weighted by atomic mass is 10.2. The number of hydrazone groups is 1. The number of nitro groups is 1. The van der Waals surface area contributed by atoms with E-state index in [1.165, 1.54) is 30.5 Å². The van der Waals surface area contributed by atoms with E-state index in [2.05, 4.69) is 26.5 Å². The number of nitrogens with zero attached hydrogens (tertiary/aromatic N) is 2. The summed E-state index contributed by atoms with van der Waals surface area (Å²) in [5.41, 5.74) is 4.16. The Morgan fingerprint density at radius 3 is 2.62 bits per heavy atom. The topological polar surface area (TPSA) is 93.8 Å². The van der Waals surface area contributed by atoms with E-state index in [1.54, 1.807) is 12.1 Å². The van der Waals surface area contributed by atoms with E-state index in [9.17, 15) is 14.9 Å². The van der Waals surface area contributed by atoms with Crippen LogP contribution in [0.3, 0.4) is 0 Å². The third-order valence-electron chi connectivity index (χ3n) is 3.89. The maximum atomic E-state index is 12.1. The molecule has 146 valence electrons. The second-order valence-corrected chi connectivity index (χ2v) is 6.83. The Bertz CT molecular complexity index is 1050. The van der Waals surface area contributed by atoms with Crippen molar-refractivity contribution in [2.75, 3.05) is 0 Å². The summed E-state index contributed by atoms with van der Waals surface area (Å²) in [5.74, 6) is 0.151. The summed E-state index contributed by atoms with van der Waals surface area (Å²) >= 11 is 3.46. The number of carbonyl (C=O) groups is 1. The van der Waals surface area contributed by atoms with Gasteiger partial charge in [0.25, 0.3) is 11.6 Å². The van der Waals surface area contributed by atoms with Gasteiger partial charge in [-0.25, -0.2) is 5.43 Å². The summed E-state index contributed by atoms with van der Waals surface area (Å²) in [6, 6.07) is 20.7. The molecule has 0 radical (unpaired) electrons. The summed E-state index contributed by atoms with van der Waals surface area (Å²) in [7, 11) is 0. The molecule has 0 heterocycles. The Morgan fingerprint density at radius 1 is 1.10 bits per heavy atom. The van der Waals surface area contributed by atoms with Crippen molar-refractivity contribution in [2.45, 2.75) is 6.61 Å². The van der Waals surface area contributed by atoms with E-state index >= 15 is 0 Å². The average molecular weight is 454 g/mol. The molecule has 0 saturated carbocycles. The van der Waals surface area contributed by atoms with Crippen LogP contribution < -0.4 is 10.2 Å². The maximum Gasteiger partial charge on any atom is 0.271 e. The lowest BCUT2D eigenvalue weighted by Gasteiger charge is -2.08. The number of amides is 1. The number of halogens is 1. The van der Waals surface area contributed by atoms with Gasteiger partial charge in [-0.1, -0.05) is 36.4 Å². The molecule has 0 fully saturated rings. The van der Waals surface area contributed by atoms with Gasteiger partial charge in [0.1, 0.15) is 12.4 Å². The van der Waals surface area contributed by atoms with Crippen LogP contribution in [0.5, 0.6) is 5.75 Å². The molecule has 0 aliphatic heterocycles. The molecule has 8 heteroatoms. The fourth-order valence-corrected chi connectivity index (χ4v) is 2.95. The van der Waals surface area contributed by atoms with Gasteiger partial charge in [-0.15, -0.1) is 0 Å². The minimum atomic E-state index is -0.557. The van der Waals surface area contributed by atoms with E-state index in [1.807, 2.05) is 36.4 Å². The average Bonchev–Trinajstić information content (AvgIpc) is 2.74. The van der Waals surface area contributed by atoms with Gasteiger partial charge in [-0.05, 0) is 51.3 Å². The highest BCUT2D eigenvalue weighted by Gasteiger charge is 2.10. The second-order valence-electron chi connectivity index (χ2n) is 5.97. The first kappa shape index (κ1) is 20.2. The van der Waals surface area contributed by atoms with Crippen LogP contribution in [0, 0.1) is 10.1 Å². The molecule has 0 spiro atoms. The molecule has 3 aromatic rings. The first-order valence-corrected chi connectivity index (χ1v) is 9.36. The van der Waals surface area contributed by atoms with Crippen molar-refractivity contribution in [3.05, 3.63) is 104 Å². The largest absolute Gasteiger partial charge is 0.488 e. The Kier molecular flexibility index (Phi) is 6.70. The van der Waals surface area contributed by atoms with Crippen molar-refractivity contribution >= 4 is 33.7 Å². The number of rotatable bonds is 7. The second kappa shape index (κ2) is 9.61. The monoisotopic (exact) mass is 453 g/mol. The highest BCUT2D eigenvalue weighted by atomic mass is 79.9. The molecule has 0 bridgehead atoms. The van der Waals surface area contributed by atoms with Crippen LogP contribution in [0.2, 0.25) is 0 Å². The normalized spacial score (nSPS) is 10.7. The number of hydrogen-bond acceptors (Lipinski definition) is 5. The van der Waals surface area contributed by atoms with E-state index in [0.29, 0.717) is 12.4 Å². The Balaban J connectivity index is 1.59. The van der Waals surface area contributed by atoms with E-state index in [0.717, 1.165) is 15.6 Å². The highest BCUT2D eigenvalue weighted by molar-refractivity contribution is 9.10. The van der Waals surface area contributed by atoms with Crippen LogP contribution in [-0.4, -0.2) is 17.0 Å². The number of hydrogen-bond donors (Lipinski definition) is 1. The summed E-state index contributed by atoms with van der Waals surface area (Å²) in [6.07, 6.45) is 1.47. The van der Waals surface area contributed by atoms with Crippen LogP contribution in [0.25, 0.3) is 0 Å². The fraction of sp³-hybridized carbons (Fsp3) is 0.0476.